The van der Waals surface area contributed by atoms with Gasteiger partial charge in [-0.1, -0.05) is 12.1 Å². The highest BCUT2D eigenvalue weighted by Gasteiger charge is 2.28. The summed E-state index contributed by atoms with van der Waals surface area (Å²) in [4.78, 5) is 17.8. The zero-order valence-corrected chi connectivity index (χ0v) is 15.9. The Morgan fingerprint density at radius 2 is 2.04 bits per heavy atom. The molecule has 5 nitrogen and oxygen atoms in total. The van der Waals surface area contributed by atoms with Crippen molar-refractivity contribution in [3.05, 3.63) is 29.8 Å². The Hall–Kier alpha value is -1.69. The van der Waals surface area contributed by atoms with Crippen LogP contribution in [-0.2, 0) is 11.2 Å². The largest absolute Gasteiger partial charge is 0.356 e. The average Bonchev–Trinajstić information content (AvgIpc) is 2.51. The second-order valence-corrected chi connectivity index (χ2v) is 8.43. The summed E-state index contributed by atoms with van der Waals surface area (Å²) < 4.78 is 0.273. The molecule has 1 aliphatic heterocycles. The van der Waals surface area contributed by atoms with Crippen LogP contribution in [0.1, 0.15) is 26.3 Å². The summed E-state index contributed by atoms with van der Waals surface area (Å²) in [6.45, 7) is 8.99. The SMILES string of the molecule is CN=C(NCCc1ccc(NC(C)=O)cc1)N1CCSC(C)(C)C1. The van der Waals surface area contributed by atoms with Crippen LogP contribution < -0.4 is 10.6 Å². The second-order valence-electron chi connectivity index (χ2n) is 6.63. The van der Waals surface area contributed by atoms with Gasteiger partial charge in [0.1, 0.15) is 0 Å². The van der Waals surface area contributed by atoms with E-state index < -0.39 is 0 Å². The fourth-order valence-corrected chi connectivity index (χ4v) is 3.92. The first-order valence-corrected chi connectivity index (χ1v) is 9.34. The van der Waals surface area contributed by atoms with E-state index in [0.29, 0.717) is 0 Å². The van der Waals surface area contributed by atoms with Crippen molar-refractivity contribution >= 4 is 29.3 Å². The molecule has 1 amide bonds. The first-order valence-electron chi connectivity index (χ1n) is 8.36. The Kier molecular flexibility index (Phi) is 6.54. The van der Waals surface area contributed by atoms with Gasteiger partial charge in [0.05, 0.1) is 0 Å². The minimum atomic E-state index is -0.0455. The molecule has 6 heteroatoms. The molecular formula is C18H28N4OS. The monoisotopic (exact) mass is 348 g/mol. The van der Waals surface area contributed by atoms with Gasteiger partial charge in [0, 0.05) is 49.8 Å². The number of hydrogen-bond acceptors (Lipinski definition) is 3. The predicted molar refractivity (Wildman–Crippen MR) is 104 cm³/mol. The normalized spacial score (nSPS) is 17.5. The Morgan fingerprint density at radius 1 is 1.33 bits per heavy atom. The number of nitrogens with one attached hydrogen (secondary N) is 2. The molecule has 2 N–H and O–H groups in total. The van der Waals surface area contributed by atoms with Crippen LogP contribution in [0.2, 0.25) is 0 Å². The minimum Gasteiger partial charge on any atom is -0.356 e. The number of rotatable bonds is 4. The van der Waals surface area contributed by atoms with Crippen molar-refractivity contribution in [2.75, 3.05) is 37.8 Å². The molecule has 0 unspecified atom stereocenters. The Labute approximate surface area is 149 Å². The first-order chi connectivity index (χ1) is 11.4. The van der Waals surface area contributed by atoms with E-state index in [0.717, 1.165) is 43.5 Å². The van der Waals surface area contributed by atoms with Crippen LogP contribution in [0.5, 0.6) is 0 Å². The van der Waals surface area contributed by atoms with Gasteiger partial charge in [-0.2, -0.15) is 11.8 Å². The molecule has 0 atom stereocenters. The lowest BCUT2D eigenvalue weighted by molar-refractivity contribution is -0.114. The number of anilines is 1. The van der Waals surface area contributed by atoms with Crippen molar-refractivity contribution < 1.29 is 4.79 Å². The maximum atomic E-state index is 11.0. The number of carbonyl (C=O) groups excluding carboxylic acids is 1. The topological polar surface area (TPSA) is 56.7 Å². The zero-order valence-electron chi connectivity index (χ0n) is 15.1. The van der Waals surface area contributed by atoms with Crippen LogP contribution in [0.3, 0.4) is 0 Å². The fourth-order valence-electron chi connectivity index (χ4n) is 2.81. The van der Waals surface area contributed by atoms with E-state index in [9.17, 15) is 4.79 Å². The van der Waals surface area contributed by atoms with Crippen LogP contribution in [-0.4, -0.2) is 53.9 Å². The molecule has 1 fully saturated rings. The molecule has 1 aromatic carbocycles. The smallest absolute Gasteiger partial charge is 0.221 e. The first kappa shape index (κ1) is 18.6. The van der Waals surface area contributed by atoms with Crippen molar-refractivity contribution in [1.29, 1.82) is 0 Å². The molecule has 24 heavy (non-hydrogen) atoms. The van der Waals surface area contributed by atoms with Gasteiger partial charge < -0.3 is 15.5 Å². The predicted octanol–water partition coefficient (Wildman–Crippen LogP) is 2.59. The van der Waals surface area contributed by atoms with E-state index in [-0.39, 0.29) is 10.7 Å². The van der Waals surface area contributed by atoms with Crippen LogP contribution in [0.15, 0.2) is 29.3 Å². The number of aliphatic imine (C=N–C) groups is 1. The van der Waals surface area contributed by atoms with Crippen molar-refractivity contribution in [3.63, 3.8) is 0 Å². The van der Waals surface area contributed by atoms with Gasteiger partial charge in [-0.3, -0.25) is 9.79 Å². The molecule has 1 aliphatic rings. The molecule has 2 rings (SSSR count). The molecule has 0 saturated carbocycles. The van der Waals surface area contributed by atoms with Crippen LogP contribution in [0, 0.1) is 0 Å². The zero-order chi connectivity index (χ0) is 17.6. The van der Waals surface area contributed by atoms with Crippen molar-refractivity contribution in [3.8, 4) is 0 Å². The lowest BCUT2D eigenvalue weighted by atomic mass is 10.1. The number of carbonyl (C=O) groups is 1. The van der Waals surface area contributed by atoms with E-state index in [1.54, 1.807) is 0 Å². The highest BCUT2D eigenvalue weighted by molar-refractivity contribution is 8.00. The summed E-state index contributed by atoms with van der Waals surface area (Å²) in [6, 6.07) is 7.98. The summed E-state index contributed by atoms with van der Waals surface area (Å²) in [5, 5.41) is 6.25. The molecule has 1 saturated heterocycles. The third kappa shape index (κ3) is 5.74. The Morgan fingerprint density at radius 3 is 2.62 bits per heavy atom. The number of guanidine groups is 1. The molecule has 1 heterocycles. The Bertz CT molecular complexity index is 583. The number of hydrogen-bond donors (Lipinski definition) is 2. The van der Waals surface area contributed by atoms with Gasteiger partial charge >= 0.3 is 0 Å². The quantitative estimate of drug-likeness (QED) is 0.649. The van der Waals surface area contributed by atoms with E-state index in [1.165, 1.54) is 12.5 Å². The average molecular weight is 349 g/mol. The van der Waals surface area contributed by atoms with Crippen molar-refractivity contribution in [1.82, 2.24) is 10.2 Å². The number of thioether (sulfide) groups is 1. The summed E-state index contributed by atoms with van der Waals surface area (Å²) in [7, 11) is 1.85. The highest BCUT2D eigenvalue weighted by Crippen LogP contribution is 2.29. The third-order valence-electron chi connectivity index (χ3n) is 3.91. The molecule has 0 spiro atoms. The van der Waals surface area contributed by atoms with Gasteiger partial charge in [0.25, 0.3) is 0 Å². The lowest BCUT2D eigenvalue weighted by Crippen LogP contribution is -2.51. The number of amides is 1. The maximum absolute atomic E-state index is 11.0. The fraction of sp³-hybridized carbons (Fsp3) is 0.556. The van der Waals surface area contributed by atoms with Gasteiger partial charge in [-0.15, -0.1) is 0 Å². The molecule has 0 aliphatic carbocycles. The summed E-state index contributed by atoms with van der Waals surface area (Å²) in [5.41, 5.74) is 2.07. The Balaban J connectivity index is 1.82. The van der Waals surface area contributed by atoms with Gasteiger partial charge in [0.15, 0.2) is 5.96 Å². The van der Waals surface area contributed by atoms with Crippen molar-refractivity contribution in [2.24, 2.45) is 4.99 Å². The van der Waals surface area contributed by atoms with Crippen LogP contribution >= 0.6 is 11.8 Å². The van der Waals surface area contributed by atoms with Crippen LogP contribution in [0.4, 0.5) is 5.69 Å². The second kappa shape index (κ2) is 8.42. The highest BCUT2D eigenvalue weighted by atomic mass is 32.2. The molecule has 132 valence electrons. The summed E-state index contributed by atoms with van der Waals surface area (Å²) >= 11 is 2.02. The molecule has 0 radical (unpaired) electrons. The minimum absolute atomic E-state index is 0.0455. The third-order valence-corrected chi connectivity index (χ3v) is 5.21. The number of benzene rings is 1. The lowest BCUT2D eigenvalue weighted by Gasteiger charge is -2.39. The van der Waals surface area contributed by atoms with E-state index >= 15 is 0 Å². The summed E-state index contributed by atoms with van der Waals surface area (Å²) in [5.74, 6) is 2.08. The van der Waals surface area contributed by atoms with Crippen molar-refractivity contribution in [2.45, 2.75) is 31.9 Å². The van der Waals surface area contributed by atoms with Gasteiger partial charge in [-0.05, 0) is 38.0 Å². The number of nitrogens with zero attached hydrogens (tertiary/aromatic N) is 2. The van der Waals surface area contributed by atoms with E-state index in [4.69, 9.17) is 0 Å². The molecule has 0 aromatic heterocycles. The molecular weight excluding hydrogens is 320 g/mol. The van der Waals surface area contributed by atoms with E-state index in [2.05, 4.69) is 46.5 Å². The maximum Gasteiger partial charge on any atom is 0.221 e. The van der Waals surface area contributed by atoms with Gasteiger partial charge in [-0.25, -0.2) is 0 Å². The van der Waals surface area contributed by atoms with Crippen LogP contribution in [0.25, 0.3) is 0 Å². The van der Waals surface area contributed by atoms with E-state index in [1.807, 2.05) is 30.9 Å². The molecule has 0 bridgehead atoms. The summed E-state index contributed by atoms with van der Waals surface area (Å²) in [6.07, 6.45) is 0.922. The molecule has 1 aromatic rings. The standard InChI is InChI=1S/C18H28N4OS/c1-14(23)21-16-7-5-15(6-8-16)9-10-20-17(19-4)22-11-12-24-18(2,3)13-22/h5-8H,9-13H2,1-4H3,(H,19,20)(H,21,23). The van der Waals surface area contributed by atoms with Gasteiger partial charge in [0.2, 0.25) is 5.91 Å².